The van der Waals surface area contributed by atoms with Crippen molar-refractivity contribution in [1.82, 2.24) is 20.6 Å². The molecule has 0 bridgehead atoms. The molecule has 1 aromatic rings. The number of hydrogen-bond acceptors (Lipinski definition) is 8. The SMILES string of the molecule is COc1nccnc1CN=CC(=CN)NC(=O)C(NC(=O)OC1CC1)C(C1CC1)C1CC1. The minimum atomic E-state index is -0.662. The third kappa shape index (κ3) is 5.95. The summed E-state index contributed by atoms with van der Waals surface area (Å²) in [7, 11) is 1.51. The van der Waals surface area contributed by atoms with E-state index >= 15 is 0 Å². The van der Waals surface area contributed by atoms with Gasteiger partial charge in [-0.25, -0.2) is 9.78 Å². The molecule has 10 heteroatoms. The van der Waals surface area contributed by atoms with Gasteiger partial charge in [0.05, 0.1) is 19.4 Å². The van der Waals surface area contributed by atoms with Crippen molar-refractivity contribution in [2.45, 2.75) is 57.2 Å². The molecule has 4 N–H and O–H groups in total. The monoisotopic (exact) mass is 442 g/mol. The van der Waals surface area contributed by atoms with E-state index < -0.39 is 12.1 Å². The van der Waals surface area contributed by atoms with Crippen molar-refractivity contribution in [2.24, 2.45) is 28.5 Å². The third-order valence-electron chi connectivity index (χ3n) is 5.92. The maximum absolute atomic E-state index is 13.2. The average molecular weight is 443 g/mol. The van der Waals surface area contributed by atoms with Gasteiger partial charge in [0.25, 0.3) is 0 Å². The van der Waals surface area contributed by atoms with Crippen LogP contribution in [0.4, 0.5) is 4.79 Å². The van der Waals surface area contributed by atoms with Gasteiger partial charge in [-0.05, 0) is 56.3 Å². The quantitative estimate of drug-likeness (QED) is 0.443. The Hall–Kier alpha value is -3.17. The smallest absolute Gasteiger partial charge is 0.408 e. The lowest BCUT2D eigenvalue weighted by Gasteiger charge is -2.27. The summed E-state index contributed by atoms with van der Waals surface area (Å²) >= 11 is 0. The van der Waals surface area contributed by atoms with Crippen LogP contribution in [-0.2, 0) is 16.1 Å². The maximum atomic E-state index is 13.2. The Morgan fingerprint density at radius 1 is 1.19 bits per heavy atom. The zero-order chi connectivity index (χ0) is 22.5. The molecule has 0 radical (unpaired) electrons. The second kappa shape index (κ2) is 9.97. The fourth-order valence-electron chi connectivity index (χ4n) is 3.93. The number of aliphatic imine (C=N–C) groups is 1. The summed E-state index contributed by atoms with van der Waals surface area (Å²) in [5, 5.41) is 5.65. The highest BCUT2D eigenvalue weighted by Gasteiger charge is 2.48. The van der Waals surface area contributed by atoms with Crippen LogP contribution >= 0.6 is 0 Å². The molecule has 0 aromatic carbocycles. The zero-order valence-corrected chi connectivity index (χ0v) is 18.2. The van der Waals surface area contributed by atoms with Crippen molar-refractivity contribution in [3.63, 3.8) is 0 Å². The van der Waals surface area contributed by atoms with Crippen LogP contribution in [0.15, 0.2) is 29.3 Å². The summed E-state index contributed by atoms with van der Waals surface area (Å²) in [6.07, 6.45) is 11.4. The summed E-state index contributed by atoms with van der Waals surface area (Å²) < 4.78 is 10.5. The summed E-state index contributed by atoms with van der Waals surface area (Å²) in [5.74, 6) is 1.12. The van der Waals surface area contributed by atoms with Crippen LogP contribution < -0.4 is 21.1 Å². The van der Waals surface area contributed by atoms with E-state index in [9.17, 15) is 9.59 Å². The number of alkyl carbamates (subject to hydrolysis) is 1. The number of hydrogen-bond donors (Lipinski definition) is 3. The number of methoxy groups -OCH3 is 1. The number of nitrogens with one attached hydrogen (secondary N) is 2. The first kappa shape index (κ1) is 22.0. The summed E-state index contributed by atoms with van der Waals surface area (Å²) in [5.41, 5.74) is 6.63. The first-order chi connectivity index (χ1) is 15.6. The molecular formula is C22H30N6O4. The van der Waals surface area contributed by atoms with E-state index in [0.29, 0.717) is 29.1 Å². The molecule has 0 saturated heterocycles. The van der Waals surface area contributed by atoms with Crippen LogP contribution in [0.2, 0.25) is 0 Å². The molecule has 0 aliphatic heterocycles. The third-order valence-corrected chi connectivity index (χ3v) is 5.92. The molecular weight excluding hydrogens is 412 g/mol. The van der Waals surface area contributed by atoms with Crippen LogP contribution in [-0.4, -0.2) is 47.4 Å². The molecule has 172 valence electrons. The van der Waals surface area contributed by atoms with Gasteiger partial charge in [-0.2, -0.15) is 0 Å². The van der Waals surface area contributed by atoms with Gasteiger partial charge in [-0.15, -0.1) is 0 Å². The molecule has 3 fully saturated rings. The molecule has 1 unspecified atom stereocenters. The van der Waals surface area contributed by atoms with E-state index in [1.165, 1.54) is 25.7 Å². The number of aromatic nitrogens is 2. The zero-order valence-electron chi connectivity index (χ0n) is 18.2. The Balaban J connectivity index is 1.40. The number of carbonyl (C=O) groups is 2. The highest BCUT2D eigenvalue weighted by Crippen LogP contribution is 2.50. The van der Waals surface area contributed by atoms with E-state index in [4.69, 9.17) is 15.2 Å². The van der Waals surface area contributed by atoms with E-state index in [0.717, 1.165) is 38.5 Å². The number of carbonyl (C=O) groups excluding carboxylic acids is 2. The molecule has 3 saturated carbocycles. The lowest BCUT2D eigenvalue weighted by atomic mass is 9.88. The number of rotatable bonds is 11. The second-order valence-electron chi connectivity index (χ2n) is 8.57. The van der Waals surface area contributed by atoms with Gasteiger partial charge in [-0.1, -0.05) is 0 Å². The van der Waals surface area contributed by atoms with Crippen LogP contribution in [0.5, 0.6) is 5.88 Å². The van der Waals surface area contributed by atoms with Gasteiger partial charge in [0, 0.05) is 24.8 Å². The van der Waals surface area contributed by atoms with Gasteiger partial charge in [0.15, 0.2) is 0 Å². The lowest BCUT2D eigenvalue weighted by Crippen LogP contribution is -2.52. The van der Waals surface area contributed by atoms with Gasteiger partial charge in [0.1, 0.15) is 17.8 Å². The van der Waals surface area contributed by atoms with Gasteiger partial charge in [0.2, 0.25) is 11.8 Å². The highest BCUT2D eigenvalue weighted by molar-refractivity contribution is 5.92. The topological polar surface area (TPSA) is 141 Å². The first-order valence-corrected chi connectivity index (χ1v) is 11.1. The van der Waals surface area contributed by atoms with E-state index in [1.54, 1.807) is 6.20 Å². The molecule has 3 aliphatic carbocycles. The molecule has 0 spiro atoms. The van der Waals surface area contributed by atoms with E-state index in [2.05, 4.69) is 25.6 Å². The number of amides is 2. The Labute approximate surface area is 187 Å². The Morgan fingerprint density at radius 2 is 1.88 bits per heavy atom. The van der Waals surface area contributed by atoms with Crippen LogP contribution in [0.3, 0.4) is 0 Å². The summed E-state index contributed by atoms with van der Waals surface area (Å²) in [6, 6.07) is -0.662. The largest absolute Gasteiger partial charge is 0.480 e. The fourth-order valence-corrected chi connectivity index (χ4v) is 3.93. The molecule has 4 rings (SSSR count). The number of allylic oxidation sites excluding steroid dienone is 1. The summed E-state index contributed by atoms with van der Waals surface area (Å²) in [6.45, 7) is 0.215. The molecule has 1 heterocycles. The molecule has 32 heavy (non-hydrogen) atoms. The van der Waals surface area contributed by atoms with Crippen LogP contribution in [0.25, 0.3) is 0 Å². The van der Waals surface area contributed by atoms with Crippen molar-refractivity contribution in [1.29, 1.82) is 0 Å². The van der Waals surface area contributed by atoms with Crippen molar-refractivity contribution < 1.29 is 19.1 Å². The predicted octanol–water partition coefficient (Wildman–Crippen LogP) is 1.67. The lowest BCUT2D eigenvalue weighted by molar-refractivity contribution is -0.124. The average Bonchev–Trinajstić information content (AvgIpc) is 3.61. The van der Waals surface area contributed by atoms with Gasteiger partial charge < -0.3 is 25.8 Å². The highest BCUT2D eigenvalue weighted by atomic mass is 16.6. The molecule has 3 aliphatic rings. The molecule has 2 amide bonds. The molecule has 10 nitrogen and oxygen atoms in total. The Bertz CT molecular complexity index is 880. The minimum Gasteiger partial charge on any atom is -0.480 e. The van der Waals surface area contributed by atoms with E-state index in [-0.39, 0.29) is 24.5 Å². The molecule has 1 atom stereocenters. The van der Waals surface area contributed by atoms with Crippen molar-refractivity contribution >= 4 is 18.2 Å². The predicted molar refractivity (Wildman–Crippen MR) is 117 cm³/mol. The maximum Gasteiger partial charge on any atom is 0.408 e. The Kier molecular flexibility index (Phi) is 6.87. The van der Waals surface area contributed by atoms with Crippen LogP contribution in [0.1, 0.15) is 44.2 Å². The number of ether oxygens (including phenoxy) is 2. The van der Waals surface area contributed by atoms with Crippen molar-refractivity contribution in [3.05, 3.63) is 30.0 Å². The minimum absolute atomic E-state index is 0.0243. The fraction of sp³-hybridized carbons (Fsp3) is 0.591. The Morgan fingerprint density at radius 3 is 2.47 bits per heavy atom. The van der Waals surface area contributed by atoms with E-state index in [1.807, 2.05) is 0 Å². The van der Waals surface area contributed by atoms with Crippen LogP contribution in [0, 0.1) is 17.8 Å². The molecule has 1 aromatic heterocycles. The standard InChI is InChI=1S/C22H30N6O4/c1-31-21-17(25-8-9-26-21)12-24-11-15(10-23)27-20(29)19(28-22(30)32-16-6-7-16)18(13-2-3-13)14-4-5-14/h8-11,13-14,16,18-19H,2-7,12,23H2,1H3,(H,27,29)(H,28,30). The summed E-state index contributed by atoms with van der Waals surface area (Å²) in [4.78, 5) is 38.1. The number of nitrogens with zero attached hydrogens (tertiary/aromatic N) is 3. The first-order valence-electron chi connectivity index (χ1n) is 11.1. The normalized spacial score (nSPS) is 19.6. The van der Waals surface area contributed by atoms with Crippen molar-refractivity contribution in [2.75, 3.05) is 7.11 Å². The van der Waals surface area contributed by atoms with Gasteiger partial charge >= 0.3 is 6.09 Å². The second-order valence-corrected chi connectivity index (χ2v) is 8.57. The number of nitrogens with two attached hydrogens (primary N) is 1. The van der Waals surface area contributed by atoms with Gasteiger partial charge in [-0.3, -0.25) is 14.8 Å². The van der Waals surface area contributed by atoms with Crippen molar-refractivity contribution in [3.8, 4) is 5.88 Å².